The van der Waals surface area contributed by atoms with E-state index in [-0.39, 0.29) is 18.5 Å². The van der Waals surface area contributed by atoms with Crippen molar-refractivity contribution < 1.29 is 33.4 Å². The molecule has 10 heteroatoms. The molecule has 1 fully saturated rings. The molecule has 0 radical (unpaired) electrons. The second kappa shape index (κ2) is 10.6. The predicted molar refractivity (Wildman–Crippen MR) is 117 cm³/mol. The highest BCUT2D eigenvalue weighted by atomic mass is 31.2. The molecule has 32 heavy (non-hydrogen) atoms. The van der Waals surface area contributed by atoms with Crippen LogP contribution >= 0.6 is 7.37 Å². The van der Waals surface area contributed by atoms with Crippen molar-refractivity contribution in [2.45, 2.75) is 37.8 Å². The summed E-state index contributed by atoms with van der Waals surface area (Å²) in [5.41, 5.74) is 1.01. The van der Waals surface area contributed by atoms with Gasteiger partial charge in [-0.1, -0.05) is 30.3 Å². The molecule has 1 aliphatic heterocycles. The van der Waals surface area contributed by atoms with E-state index >= 15 is 0 Å². The molecule has 0 aliphatic carbocycles. The van der Waals surface area contributed by atoms with Crippen molar-refractivity contribution in [1.29, 1.82) is 0 Å². The van der Waals surface area contributed by atoms with Crippen molar-refractivity contribution in [1.82, 2.24) is 10.2 Å². The fraction of sp³-hybridized carbons (Fsp3) is 0.409. The van der Waals surface area contributed by atoms with Crippen LogP contribution in [0.2, 0.25) is 0 Å². The maximum atomic E-state index is 12.9. The highest BCUT2D eigenvalue weighted by Crippen LogP contribution is 2.42. The summed E-state index contributed by atoms with van der Waals surface area (Å²) in [6.45, 7) is 0.252. The number of nitrogens with one attached hydrogen (secondary N) is 1. The van der Waals surface area contributed by atoms with Gasteiger partial charge in [-0.3, -0.25) is 14.2 Å². The molecule has 1 aliphatic rings. The van der Waals surface area contributed by atoms with E-state index < -0.39 is 43.4 Å². The van der Waals surface area contributed by atoms with E-state index in [1.165, 1.54) is 12.3 Å². The normalized spacial score (nSPS) is 18.7. The number of carboxylic acid groups (broad SMARTS) is 1. The molecule has 3 atom stereocenters. The van der Waals surface area contributed by atoms with Crippen LogP contribution in [0.3, 0.4) is 0 Å². The third-order valence-corrected chi connectivity index (χ3v) is 7.23. The number of amides is 2. The molecule has 9 nitrogen and oxygen atoms in total. The molecular formula is C22H27N2O7P. The minimum absolute atomic E-state index is 0.0833. The average Bonchev–Trinajstić information content (AvgIpc) is 3.44. The third kappa shape index (κ3) is 6.55. The number of nitrogens with zero attached hydrogens (tertiary/aromatic N) is 1. The summed E-state index contributed by atoms with van der Waals surface area (Å²) >= 11 is 0. The Morgan fingerprint density at radius 1 is 1.19 bits per heavy atom. The lowest BCUT2D eigenvalue weighted by Crippen LogP contribution is -2.43. The van der Waals surface area contributed by atoms with E-state index in [0.29, 0.717) is 25.7 Å². The van der Waals surface area contributed by atoms with E-state index in [1.54, 1.807) is 6.07 Å². The van der Waals surface area contributed by atoms with Crippen molar-refractivity contribution >= 4 is 25.2 Å². The van der Waals surface area contributed by atoms with Gasteiger partial charge in [-0.05, 0) is 43.4 Å². The maximum absolute atomic E-state index is 12.9. The third-order valence-electron chi connectivity index (χ3n) is 5.45. The lowest BCUT2D eigenvalue weighted by atomic mass is 10.1. The van der Waals surface area contributed by atoms with Gasteiger partial charge >= 0.3 is 5.97 Å². The van der Waals surface area contributed by atoms with Crippen LogP contribution < -0.4 is 5.32 Å². The average molecular weight is 462 g/mol. The molecule has 1 aromatic carbocycles. The molecule has 2 unspecified atom stereocenters. The number of aryl methyl sites for hydroxylation is 1. The van der Waals surface area contributed by atoms with Gasteiger partial charge in [0, 0.05) is 18.7 Å². The van der Waals surface area contributed by atoms with Crippen LogP contribution in [-0.2, 0) is 20.6 Å². The quantitative estimate of drug-likeness (QED) is 0.461. The molecule has 0 bridgehead atoms. The van der Waals surface area contributed by atoms with E-state index in [4.69, 9.17) is 4.42 Å². The zero-order valence-corrected chi connectivity index (χ0v) is 18.4. The number of hydrogen-bond acceptors (Lipinski definition) is 5. The topological polar surface area (TPSA) is 137 Å². The number of benzene rings is 1. The first-order valence-corrected chi connectivity index (χ1v) is 12.5. The Bertz CT molecular complexity index is 977. The summed E-state index contributed by atoms with van der Waals surface area (Å²) in [6, 6.07) is 10.9. The van der Waals surface area contributed by atoms with E-state index in [2.05, 4.69) is 5.32 Å². The maximum Gasteiger partial charge on any atom is 0.326 e. The van der Waals surface area contributed by atoms with Gasteiger partial charge in [0.25, 0.3) is 5.91 Å². The molecular weight excluding hydrogens is 435 g/mol. The number of carboxylic acids is 1. The van der Waals surface area contributed by atoms with Crippen LogP contribution in [0.1, 0.15) is 35.4 Å². The lowest BCUT2D eigenvalue weighted by molar-refractivity contribution is -0.147. The minimum atomic E-state index is -4.00. The van der Waals surface area contributed by atoms with Gasteiger partial charge in [0.05, 0.1) is 6.26 Å². The SMILES string of the molecule is O=C(NC(CCc1ccccc1)CP(=O)(O)CC(=O)N1CCC[C@H]1C(=O)O)c1ccco1. The van der Waals surface area contributed by atoms with E-state index in [9.17, 15) is 28.9 Å². The van der Waals surface area contributed by atoms with Crippen LogP contribution in [0.5, 0.6) is 0 Å². The Hall–Kier alpha value is -2.90. The molecule has 2 heterocycles. The number of hydrogen-bond donors (Lipinski definition) is 3. The lowest BCUT2D eigenvalue weighted by Gasteiger charge is -2.25. The summed E-state index contributed by atoms with van der Waals surface area (Å²) in [5, 5.41) is 12.0. The molecule has 2 amide bonds. The van der Waals surface area contributed by atoms with Crippen LogP contribution in [-0.4, -0.2) is 63.6 Å². The van der Waals surface area contributed by atoms with Gasteiger partial charge in [0.1, 0.15) is 12.2 Å². The van der Waals surface area contributed by atoms with Gasteiger partial charge in [-0.15, -0.1) is 0 Å². The molecule has 172 valence electrons. The van der Waals surface area contributed by atoms with Gasteiger partial charge < -0.3 is 24.6 Å². The van der Waals surface area contributed by atoms with Gasteiger partial charge in [-0.25, -0.2) is 4.79 Å². The predicted octanol–water partition coefficient (Wildman–Crippen LogP) is 2.36. The van der Waals surface area contributed by atoms with E-state index in [1.807, 2.05) is 30.3 Å². The number of carbonyl (C=O) groups excluding carboxylic acids is 2. The van der Waals surface area contributed by atoms with Gasteiger partial charge in [0.15, 0.2) is 5.76 Å². The number of furan rings is 1. The Kier molecular flexibility index (Phi) is 7.88. The Morgan fingerprint density at radius 2 is 1.94 bits per heavy atom. The fourth-order valence-electron chi connectivity index (χ4n) is 3.89. The summed E-state index contributed by atoms with van der Waals surface area (Å²) < 4.78 is 18.0. The minimum Gasteiger partial charge on any atom is -0.480 e. The first-order valence-electron chi connectivity index (χ1n) is 10.5. The first kappa shape index (κ1) is 23.8. The molecule has 0 spiro atoms. The van der Waals surface area contributed by atoms with Crippen LogP contribution in [0, 0.1) is 0 Å². The number of aliphatic carboxylic acids is 1. The number of likely N-dealkylation sites (tertiary alicyclic amines) is 1. The standard InChI is InChI=1S/C22H27N2O7P/c25-20(24-12-4-8-18(24)22(27)28)15-32(29,30)14-17(11-10-16-6-2-1-3-7-16)23-21(26)19-9-5-13-31-19/h1-3,5-7,9,13,17-18H,4,8,10-12,14-15H2,(H,23,26)(H,27,28)(H,29,30)/t17?,18-/m0/s1. The monoisotopic (exact) mass is 462 g/mol. The summed E-state index contributed by atoms with van der Waals surface area (Å²) in [7, 11) is -4.00. The van der Waals surface area contributed by atoms with Gasteiger partial charge in [-0.2, -0.15) is 0 Å². The smallest absolute Gasteiger partial charge is 0.326 e. The highest BCUT2D eigenvalue weighted by Gasteiger charge is 2.37. The van der Waals surface area contributed by atoms with E-state index in [0.717, 1.165) is 10.5 Å². The van der Waals surface area contributed by atoms with Crippen LogP contribution in [0.4, 0.5) is 0 Å². The van der Waals surface area contributed by atoms with Crippen molar-refractivity contribution in [3.05, 3.63) is 60.1 Å². The second-order valence-corrected chi connectivity index (χ2v) is 10.3. The summed E-state index contributed by atoms with van der Waals surface area (Å²) in [6.07, 6.45) is 2.21. The van der Waals surface area contributed by atoms with Gasteiger partial charge in [0.2, 0.25) is 13.3 Å². The van der Waals surface area contributed by atoms with Crippen molar-refractivity contribution in [2.24, 2.45) is 0 Å². The largest absolute Gasteiger partial charge is 0.480 e. The molecule has 3 rings (SSSR count). The number of carbonyl (C=O) groups is 3. The van der Waals surface area contributed by atoms with Crippen molar-refractivity contribution in [3.8, 4) is 0 Å². The Balaban J connectivity index is 1.67. The Labute approximate surface area is 185 Å². The van der Waals surface area contributed by atoms with Crippen molar-refractivity contribution in [2.75, 3.05) is 18.9 Å². The summed E-state index contributed by atoms with van der Waals surface area (Å²) in [5.74, 6) is -2.19. The molecule has 2 aromatic rings. The molecule has 1 aromatic heterocycles. The molecule has 0 saturated carbocycles. The highest BCUT2D eigenvalue weighted by molar-refractivity contribution is 7.59. The second-order valence-electron chi connectivity index (χ2n) is 7.94. The molecule has 1 saturated heterocycles. The number of rotatable bonds is 10. The summed E-state index contributed by atoms with van der Waals surface area (Å²) in [4.78, 5) is 48.1. The zero-order valence-electron chi connectivity index (χ0n) is 17.6. The first-order chi connectivity index (χ1) is 15.2. The Morgan fingerprint density at radius 3 is 2.59 bits per heavy atom. The van der Waals surface area contributed by atoms with Crippen LogP contribution in [0.15, 0.2) is 53.1 Å². The van der Waals surface area contributed by atoms with Crippen LogP contribution in [0.25, 0.3) is 0 Å². The van der Waals surface area contributed by atoms with Crippen molar-refractivity contribution in [3.63, 3.8) is 0 Å². The molecule has 3 N–H and O–H groups in total. The fourth-order valence-corrected chi connectivity index (χ4v) is 5.59. The zero-order chi connectivity index (χ0) is 23.1.